The molecule has 1 amide bonds. The number of imidazole rings is 1. The highest BCUT2D eigenvalue weighted by atomic mass is 16.5. The lowest BCUT2D eigenvalue weighted by atomic mass is 10.0. The van der Waals surface area contributed by atoms with Crippen LogP contribution in [-0.4, -0.2) is 33.2 Å². The highest BCUT2D eigenvalue weighted by molar-refractivity contribution is 5.96. The predicted molar refractivity (Wildman–Crippen MR) is 85.2 cm³/mol. The van der Waals surface area contributed by atoms with Gasteiger partial charge in [-0.15, -0.1) is 0 Å². The van der Waals surface area contributed by atoms with E-state index < -0.39 is 0 Å². The van der Waals surface area contributed by atoms with Gasteiger partial charge in [0.2, 0.25) is 0 Å². The van der Waals surface area contributed by atoms with Gasteiger partial charge in [-0.2, -0.15) is 0 Å². The molecule has 0 unspecified atom stereocenters. The Balaban J connectivity index is 1.80. The molecule has 0 radical (unpaired) electrons. The molecular weight excluding hydrogens is 294 g/mol. The van der Waals surface area contributed by atoms with Crippen LogP contribution in [0, 0.1) is 0 Å². The molecule has 23 heavy (non-hydrogen) atoms. The van der Waals surface area contributed by atoms with Crippen molar-refractivity contribution < 1.29 is 14.6 Å². The van der Waals surface area contributed by atoms with Crippen molar-refractivity contribution in [1.29, 1.82) is 0 Å². The maximum absolute atomic E-state index is 12.4. The first-order chi connectivity index (χ1) is 11.2. The smallest absolute Gasteiger partial charge is 0.255 e. The van der Waals surface area contributed by atoms with Gasteiger partial charge in [-0.3, -0.25) is 4.79 Å². The number of phenolic OH excluding ortho intramolecular Hbond substituents is 1. The number of aryl methyl sites for hydroxylation is 1. The Morgan fingerprint density at radius 1 is 1.48 bits per heavy atom. The van der Waals surface area contributed by atoms with Gasteiger partial charge in [-0.05, 0) is 31.9 Å². The Morgan fingerprint density at radius 2 is 2.30 bits per heavy atom. The molecule has 0 spiro atoms. The summed E-state index contributed by atoms with van der Waals surface area (Å²) in [6.45, 7) is 3.50. The van der Waals surface area contributed by atoms with Crippen LogP contribution < -0.4 is 5.32 Å². The number of carbonyl (C=O) groups excluding carboxylic acids is 1. The zero-order chi connectivity index (χ0) is 16.2. The average Bonchev–Trinajstić information content (AvgIpc) is 3.04. The van der Waals surface area contributed by atoms with Gasteiger partial charge >= 0.3 is 0 Å². The van der Waals surface area contributed by atoms with E-state index in [0.717, 1.165) is 25.2 Å². The van der Waals surface area contributed by atoms with E-state index >= 15 is 0 Å². The van der Waals surface area contributed by atoms with Gasteiger partial charge in [0.25, 0.3) is 5.91 Å². The van der Waals surface area contributed by atoms with Crippen molar-refractivity contribution in [3.05, 3.63) is 48.0 Å². The molecule has 6 heteroatoms. The number of para-hydroxylation sites is 1. The third kappa shape index (κ3) is 3.22. The Labute approximate surface area is 135 Å². The highest BCUT2D eigenvalue weighted by Gasteiger charge is 2.32. The monoisotopic (exact) mass is 315 g/mol. The molecule has 1 aliphatic heterocycles. The number of nitrogens with one attached hydrogen (secondary N) is 1. The predicted octanol–water partition coefficient (Wildman–Crippen LogP) is 2.26. The van der Waals surface area contributed by atoms with Crippen molar-refractivity contribution in [2.24, 2.45) is 0 Å². The zero-order valence-corrected chi connectivity index (χ0v) is 13.1. The van der Waals surface area contributed by atoms with Gasteiger partial charge < -0.3 is 19.7 Å². The number of rotatable bonds is 4. The van der Waals surface area contributed by atoms with E-state index in [4.69, 9.17) is 4.74 Å². The summed E-state index contributed by atoms with van der Waals surface area (Å²) >= 11 is 0. The largest absolute Gasteiger partial charge is 0.507 e. The maximum Gasteiger partial charge on any atom is 0.255 e. The molecule has 122 valence electrons. The molecule has 6 nitrogen and oxygen atoms in total. The zero-order valence-electron chi connectivity index (χ0n) is 13.1. The van der Waals surface area contributed by atoms with Crippen LogP contribution in [0.15, 0.2) is 36.7 Å². The lowest BCUT2D eigenvalue weighted by molar-refractivity contribution is -0.0163. The van der Waals surface area contributed by atoms with Crippen molar-refractivity contribution in [1.82, 2.24) is 14.9 Å². The number of ether oxygens (including phenoxy) is 1. The first kappa shape index (κ1) is 15.6. The van der Waals surface area contributed by atoms with Crippen molar-refractivity contribution in [2.45, 2.75) is 38.5 Å². The maximum atomic E-state index is 12.4. The van der Waals surface area contributed by atoms with Crippen LogP contribution in [0.25, 0.3) is 0 Å². The van der Waals surface area contributed by atoms with Gasteiger partial charge in [0.05, 0.1) is 11.6 Å². The molecule has 1 aliphatic rings. The summed E-state index contributed by atoms with van der Waals surface area (Å²) in [5, 5.41) is 12.8. The normalized spacial score (nSPS) is 21.1. The highest BCUT2D eigenvalue weighted by Crippen LogP contribution is 2.28. The number of phenols is 1. The fraction of sp³-hybridized carbons (Fsp3) is 0.412. The van der Waals surface area contributed by atoms with E-state index in [0.29, 0.717) is 6.61 Å². The minimum Gasteiger partial charge on any atom is -0.507 e. The number of hydrogen-bond acceptors (Lipinski definition) is 4. The number of hydrogen-bond donors (Lipinski definition) is 2. The number of aromatic nitrogens is 2. The Morgan fingerprint density at radius 3 is 3.09 bits per heavy atom. The summed E-state index contributed by atoms with van der Waals surface area (Å²) in [7, 11) is 0. The molecule has 0 aliphatic carbocycles. The van der Waals surface area contributed by atoms with Crippen LogP contribution in [-0.2, 0) is 11.3 Å². The number of carbonyl (C=O) groups is 1. The van der Waals surface area contributed by atoms with Gasteiger partial charge in [-0.1, -0.05) is 12.1 Å². The molecule has 1 saturated heterocycles. The summed E-state index contributed by atoms with van der Waals surface area (Å²) in [5.41, 5.74) is 0.274. The van der Waals surface area contributed by atoms with E-state index in [-0.39, 0.29) is 29.4 Å². The number of benzene rings is 1. The van der Waals surface area contributed by atoms with Crippen LogP contribution in [0.1, 0.15) is 42.1 Å². The van der Waals surface area contributed by atoms with Crippen LogP contribution in [0.5, 0.6) is 5.75 Å². The number of aromatic hydroxyl groups is 1. The van der Waals surface area contributed by atoms with Crippen LogP contribution in [0.2, 0.25) is 0 Å². The van der Waals surface area contributed by atoms with Crippen LogP contribution >= 0.6 is 0 Å². The molecule has 3 rings (SSSR count). The molecule has 1 aromatic heterocycles. The number of amides is 1. The molecule has 2 heterocycles. The van der Waals surface area contributed by atoms with Gasteiger partial charge in [0.15, 0.2) is 0 Å². The van der Waals surface area contributed by atoms with Crippen LogP contribution in [0.4, 0.5) is 0 Å². The molecule has 2 aromatic rings. The SMILES string of the molecule is CCn1ccnc1[C@@H]1OCCC[C@H]1NC(=O)c1ccccc1O. The molecule has 2 atom stereocenters. The van der Waals surface area contributed by atoms with Gasteiger partial charge in [0, 0.05) is 25.5 Å². The van der Waals surface area contributed by atoms with Crippen molar-refractivity contribution in [3.8, 4) is 5.75 Å². The molecule has 0 saturated carbocycles. The lowest BCUT2D eigenvalue weighted by Crippen LogP contribution is -2.43. The lowest BCUT2D eigenvalue weighted by Gasteiger charge is -2.32. The second-order valence-corrected chi connectivity index (χ2v) is 5.60. The third-order valence-electron chi connectivity index (χ3n) is 4.13. The minimum atomic E-state index is -0.293. The topological polar surface area (TPSA) is 76.4 Å². The van der Waals surface area contributed by atoms with E-state index in [1.165, 1.54) is 6.07 Å². The van der Waals surface area contributed by atoms with Crippen molar-refractivity contribution >= 4 is 5.91 Å². The standard InChI is InChI=1S/C17H21N3O3/c1-2-20-10-9-18-16(20)15-13(7-5-11-23-15)19-17(22)12-6-3-4-8-14(12)21/h3-4,6,8-10,13,15,21H,2,5,7,11H2,1H3,(H,19,22)/t13-,15-/m1/s1. The summed E-state index contributed by atoms with van der Waals surface area (Å²) < 4.78 is 7.91. The second kappa shape index (κ2) is 6.83. The molecule has 0 bridgehead atoms. The van der Waals surface area contributed by atoms with Crippen molar-refractivity contribution in [3.63, 3.8) is 0 Å². The van der Waals surface area contributed by atoms with E-state index in [1.807, 2.05) is 17.7 Å². The average molecular weight is 315 g/mol. The van der Waals surface area contributed by atoms with E-state index in [2.05, 4.69) is 10.3 Å². The fourth-order valence-corrected chi connectivity index (χ4v) is 2.94. The first-order valence-electron chi connectivity index (χ1n) is 7.92. The summed E-state index contributed by atoms with van der Waals surface area (Å²) in [6, 6.07) is 6.37. The Hall–Kier alpha value is -2.34. The molecular formula is C17H21N3O3. The minimum absolute atomic E-state index is 0.0201. The second-order valence-electron chi connectivity index (χ2n) is 5.60. The quantitative estimate of drug-likeness (QED) is 0.907. The number of nitrogens with zero attached hydrogens (tertiary/aromatic N) is 2. The summed E-state index contributed by atoms with van der Waals surface area (Å²) in [4.78, 5) is 16.8. The first-order valence-corrected chi connectivity index (χ1v) is 7.92. The van der Waals surface area contributed by atoms with E-state index in [9.17, 15) is 9.90 Å². The molecule has 1 aromatic carbocycles. The molecule has 1 fully saturated rings. The summed E-state index contributed by atoms with van der Waals surface area (Å²) in [6.07, 6.45) is 5.09. The third-order valence-corrected chi connectivity index (χ3v) is 4.13. The van der Waals surface area contributed by atoms with Gasteiger partial charge in [0.1, 0.15) is 17.7 Å². The van der Waals surface area contributed by atoms with E-state index in [1.54, 1.807) is 24.4 Å². The summed E-state index contributed by atoms with van der Waals surface area (Å²) in [5.74, 6) is 0.515. The van der Waals surface area contributed by atoms with Gasteiger partial charge in [-0.25, -0.2) is 4.98 Å². The van der Waals surface area contributed by atoms with Crippen LogP contribution in [0.3, 0.4) is 0 Å². The fourth-order valence-electron chi connectivity index (χ4n) is 2.94. The molecule has 2 N–H and O–H groups in total. The Bertz CT molecular complexity index is 683. The Kier molecular flexibility index (Phi) is 4.62. The van der Waals surface area contributed by atoms with Crippen molar-refractivity contribution in [2.75, 3.05) is 6.61 Å².